The Hall–Kier alpha value is -0.980. The number of para-hydroxylation sites is 1. The monoisotopic (exact) mass is 245 g/mol. The van der Waals surface area contributed by atoms with E-state index < -0.39 is 0 Å². The smallest absolute Gasteiger partial charge is 0.0404 e. The summed E-state index contributed by atoms with van der Waals surface area (Å²) in [6, 6.07) is 7.31. The molecule has 0 aliphatic heterocycles. The van der Waals surface area contributed by atoms with E-state index in [9.17, 15) is 0 Å². The highest BCUT2D eigenvalue weighted by molar-refractivity contribution is 5.57. The average molecular weight is 245 g/mol. The molecule has 0 radical (unpaired) electrons. The summed E-state index contributed by atoms with van der Waals surface area (Å²) in [5, 5.41) is 3.83. The standard InChI is InChI=1S/C17H27N/c1-5-15-8-6-7-14(4)17(15)18-16-10-12(2)9-13(3)11-16/h6-8,12-13,16,18H,5,9-11H2,1-4H3. The highest BCUT2D eigenvalue weighted by Crippen LogP contribution is 2.32. The third-order valence-corrected chi connectivity index (χ3v) is 4.27. The maximum absolute atomic E-state index is 3.83. The Kier molecular flexibility index (Phi) is 4.31. The Morgan fingerprint density at radius 2 is 1.78 bits per heavy atom. The molecular formula is C17H27N. The van der Waals surface area contributed by atoms with E-state index in [1.165, 1.54) is 36.1 Å². The first kappa shape index (κ1) is 13.5. The lowest BCUT2D eigenvalue weighted by atomic mass is 9.80. The van der Waals surface area contributed by atoms with Gasteiger partial charge in [-0.1, -0.05) is 39.0 Å². The molecule has 0 saturated heterocycles. The molecule has 0 amide bonds. The fourth-order valence-electron chi connectivity index (χ4n) is 3.50. The minimum atomic E-state index is 0.662. The summed E-state index contributed by atoms with van der Waals surface area (Å²) in [5.41, 5.74) is 4.24. The fourth-order valence-corrected chi connectivity index (χ4v) is 3.50. The van der Waals surface area contributed by atoms with Gasteiger partial charge in [0.1, 0.15) is 0 Å². The first-order valence-electron chi connectivity index (χ1n) is 7.45. The van der Waals surface area contributed by atoms with Crippen molar-refractivity contribution in [1.29, 1.82) is 0 Å². The maximum Gasteiger partial charge on any atom is 0.0404 e. The summed E-state index contributed by atoms with van der Waals surface area (Å²) < 4.78 is 0. The zero-order chi connectivity index (χ0) is 13.1. The van der Waals surface area contributed by atoms with E-state index in [-0.39, 0.29) is 0 Å². The SMILES string of the molecule is CCc1cccc(C)c1NC1CC(C)CC(C)C1. The van der Waals surface area contributed by atoms with Gasteiger partial charge >= 0.3 is 0 Å². The molecular weight excluding hydrogens is 218 g/mol. The minimum absolute atomic E-state index is 0.662. The maximum atomic E-state index is 3.83. The van der Waals surface area contributed by atoms with E-state index in [1.807, 2.05) is 0 Å². The second-order valence-corrected chi connectivity index (χ2v) is 6.22. The molecule has 1 nitrogen and oxygen atoms in total. The molecule has 2 unspecified atom stereocenters. The number of hydrogen-bond donors (Lipinski definition) is 1. The molecule has 0 aromatic heterocycles. The summed E-state index contributed by atoms with van der Waals surface area (Å²) in [5.74, 6) is 1.72. The second kappa shape index (κ2) is 5.77. The van der Waals surface area contributed by atoms with Gasteiger partial charge in [-0.3, -0.25) is 0 Å². The third-order valence-electron chi connectivity index (χ3n) is 4.27. The zero-order valence-electron chi connectivity index (χ0n) is 12.3. The molecule has 100 valence electrons. The van der Waals surface area contributed by atoms with Crippen LogP contribution in [0.15, 0.2) is 18.2 Å². The van der Waals surface area contributed by atoms with Gasteiger partial charge in [-0.05, 0) is 55.6 Å². The first-order valence-corrected chi connectivity index (χ1v) is 7.45. The van der Waals surface area contributed by atoms with E-state index >= 15 is 0 Å². The van der Waals surface area contributed by atoms with Crippen molar-refractivity contribution in [1.82, 2.24) is 0 Å². The lowest BCUT2D eigenvalue weighted by molar-refractivity contribution is 0.280. The summed E-state index contributed by atoms with van der Waals surface area (Å²) in [6.07, 6.45) is 5.15. The molecule has 2 atom stereocenters. The molecule has 2 rings (SSSR count). The minimum Gasteiger partial charge on any atom is -0.382 e. The molecule has 1 N–H and O–H groups in total. The second-order valence-electron chi connectivity index (χ2n) is 6.22. The van der Waals surface area contributed by atoms with Gasteiger partial charge < -0.3 is 5.32 Å². The normalized spacial score (nSPS) is 28.1. The van der Waals surface area contributed by atoms with Gasteiger partial charge in [0.05, 0.1) is 0 Å². The molecule has 1 aromatic carbocycles. The van der Waals surface area contributed by atoms with Gasteiger partial charge in [0.15, 0.2) is 0 Å². The number of rotatable bonds is 3. The Balaban J connectivity index is 2.13. The van der Waals surface area contributed by atoms with Crippen molar-refractivity contribution in [3.63, 3.8) is 0 Å². The van der Waals surface area contributed by atoms with Crippen LogP contribution in [0.3, 0.4) is 0 Å². The number of anilines is 1. The molecule has 1 heteroatoms. The third kappa shape index (κ3) is 3.07. The summed E-state index contributed by atoms with van der Waals surface area (Å²) >= 11 is 0. The van der Waals surface area contributed by atoms with Crippen LogP contribution in [0.4, 0.5) is 5.69 Å². The zero-order valence-corrected chi connectivity index (χ0v) is 12.3. The van der Waals surface area contributed by atoms with Crippen LogP contribution in [-0.2, 0) is 6.42 Å². The van der Waals surface area contributed by atoms with Crippen molar-refractivity contribution in [3.8, 4) is 0 Å². The van der Waals surface area contributed by atoms with E-state index in [4.69, 9.17) is 0 Å². The van der Waals surface area contributed by atoms with E-state index in [1.54, 1.807) is 0 Å². The van der Waals surface area contributed by atoms with Crippen molar-refractivity contribution in [2.24, 2.45) is 11.8 Å². The molecule has 18 heavy (non-hydrogen) atoms. The molecule has 1 fully saturated rings. The molecule has 0 heterocycles. The van der Waals surface area contributed by atoms with Crippen molar-refractivity contribution in [2.75, 3.05) is 5.32 Å². The van der Waals surface area contributed by atoms with Crippen molar-refractivity contribution >= 4 is 5.69 Å². The largest absolute Gasteiger partial charge is 0.382 e. The average Bonchev–Trinajstić information content (AvgIpc) is 2.30. The molecule has 1 aliphatic carbocycles. The van der Waals surface area contributed by atoms with Crippen LogP contribution >= 0.6 is 0 Å². The molecule has 0 spiro atoms. The molecule has 1 saturated carbocycles. The van der Waals surface area contributed by atoms with Crippen LogP contribution in [0.1, 0.15) is 51.2 Å². The predicted molar refractivity (Wildman–Crippen MR) is 80.1 cm³/mol. The highest BCUT2D eigenvalue weighted by atomic mass is 14.9. The Morgan fingerprint density at radius 1 is 1.11 bits per heavy atom. The van der Waals surface area contributed by atoms with Crippen LogP contribution in [0.2, 0.25) is 0 Å². The predicted octanol–water partition coefficient (Wildman–Crippen LogP) is 4.79. The van der Waals surface area contributed by atoms with Crippen molar-refractivity contribution in [2.45, 2.75) is 59.4 Å². The van der Waals surface area contributed by atoms with E-state index in [0.29, 0.717) is 6.04 Å². The summed E-state index contributed by atoms with van der Waals surface area (Å²) in [7, 11) is 0. The van der Waals surface area contributed by atoms with Crippen LogP contribution in [-0.4, -0.2) is 6.04 Å². The number of nitrogens with one attached hydrogen (secondary N) is 1. The van der Waals surface area contributed by atoms with Gasteiger partial charge in [-0.2, -0.15) is 0 Å². The molecule has 1 aliphatic rings. The van der Waals surface area contributed by atoms with E-state index in [2.05, 4.69) is 51.2 Å². The van der Waals surface area contributed by atoms with E-state index in [0.717, 1.165) is 18.3 Å². The quantitative estimate of drug-likeness (QED) is 0.807. The van der Waals surface area contributed by atoms with Gasteiger partial charge in [0, 0.05) is 11.7 Å². The number of benzene rings is 1. The lowest BCUT2D eigenvalue weighted by Gasteiger charge is -2.33. The van der Waals surface area contributed by atoms with Gasteiger partial charge in [0.2, 0.25) is 0 Å². The summed E-state index contributed by atoms with van der Waals surface area (Å²) in [4.78, 5) is 0. The number of aryl methyl sites for hydroxylation is 2. The Bertz CT molecular complexity index is 387. The Morgan fingerprint density at radius 3 is 2.39 bits per heavy atom. The summed E-state index contributed by atoms with van der Waals surface area (Å²) in [6.45, 7) is 9.25. The topological polar surface area (TPSA) is 12.0 Å². The lowest BCUT2D eigenvalue weighted by Crippen LogP contribution is -2.30. The first-order chi connectivity index (χ1) is 8.60. The van der Waals surface area contributed by atoms with Gasteiger partial charge in [-0.25, -0.2) is 0 Å². The molecule has 0 bridgehead atoms. The Labute approximate surface area is 112 Å². The van der Waals surface area contributed by atoms with Crippen LogP contribution in [0, 0.1) is 18.8 Å². The van der Waals surface area contributed by atoms with Crippen molar-refractivity contribution in [3.05, 3.63) is 29.3 Å². The van der Waals surface area contributed by atoms with Gasteiger partial charge in [0.25, 0.3) is 0 Å². The van der Waals surface area contributed by atoms with Crippen LogP contribution in [0.25, 0.3) is 0 Å². The van der Waals surface area contributed by atoms with Crippen LogP contribution in [0.5, 0.6) is 0 Å². The molecule has 1 aromatic rings. The van der Waals surface area contributed by atoms with Gasteiger partial charge in [-0.15, -0.1) is 0 Å². The fraction of sp³-hybridized carbons (Fsp3) is 0.647. The number of hydrogen-bond acceptors (Lipinski definition) is 1. The van der Waals surface area contributed by atoms with Crippen molar-refractivity contribution < 1.29 is 0 Å². The van der Waals surface area contributed by atoms with Crippen LogP contribution < -0.4 is 5.32 Å². The highest BCUT2D eigenvalue weighted by Gasteiger charge is 2.24.